The maximum atomic E-state index is 9.69. The Morgan fingerprint density at radius 3 is 2.30 bits per heavy atom. The van der Waals surface area contributed by atoms with E-state index in [0.29, 0.717) is 6.42 Å². The smallest absolute Gasteiger partial charge is 0.184 e. The van der Waals surface area contributed by atoms with Crippen LogP contribution in [0.3, 0.4) is 0 Å². The van der Waals surface area contributed by atoms with E-state index in [4.69, 9.17) is 4.43 Å². The molecule has 2 rings (SSSR count). The predicted molar refractivity (Wildman–Crippen MR) is 81.2 cm³/mol. The maximum Gasteiger partial charge on any atom is 0.184 e. The summed E-state index contributed by atoms with van der Waals surface area (Å²) in [5, 5.41) is 19.4. The van der Waals surface area contributed by atoms with Crippen molar-refractivity contribution in [3.63, 3.8) is 0 Å². The van der Waals surface area contributed by atoms with Gasteiger partial charge in [-0.25, -0.2) is 0 Å². The molecule has 0 aromatic rings. The molecule has 0 saturated heterocycles. The van der Waals surface area contributed by atoms with Crippen LogP contribution in [0.1, 0.15) is 45.4 Å². The van der Waals surface area contributed by atoms with Gasteiger partial charge in [-0.15, -0.1) is 0 Å². The summed E-state index contributed by atoms with van der Waals surface area (Å²) in [6.45, 7) is 8.83. The maximum absolute atomic E-state index is 9.69. The number of fused-ring (bicyclic) bond motifs is 1. The SMILES string of the molecule is C[C@]12CCCC[C@H]1C(C#N)(C#N)C[C@@H](O[Si](C)(C)C)C2. The highest BCUT2D eigenvalue weighted by Crippen LogP contribution is 2.58. The molecule has 0 amide bonds. The molecule has 2 aliphatic rings. The van der Waals surface area contributed by atoms with Gasteiger partial charge >= 0.3 is 0 Å². The summed E-state index contributed by atoms with van der Waals surface area (Å²) < 4.78 is 6.29. The largest absolute Gasteiger partial charge is 0.415 e. The van der Waals surface area contributed by atoms with Gasteiger partial charge in [0.1, 0.15) is 5.41 Å². The molecule has 0 heterocycles. The highest BCUT2D eigenvalue weighted by atomic mass is 28.4. The quantitative estimate of drug-likeness (QED) is 0.715. The Kier molecular flexibility index (Phi) is 4.02. The minimum atomic E-state index is -1.64. The van der Waals surface area contributed by atoms with E-state index in [1.165, 1.54) is 6.42 Å². The zero-order chi connectivity index (χ0) is 15.0. The van der Waals surface area contributed by atoms with Crippen molar-refractivity contribution in [1.82, 2.24) is 0 Å². The van der Waals surface area contributed by atoms with Crippen LogP contribution in [0.5, 0.6) is 0 Å². The van der Waals surface area contributed by atoms with Crippen molar-refractivity contribution < 1.29 is 4.43 Å². The van der Waals surface area contributed by atoms with E-state index in [-0.39, 0.29) is 17.4 Å². The van der Waals surface area contributed by atoms with Crippen molar-refractivity contribution >= 4 is 8.32 Å². The zero-order valence-corrected chi connectivity index (χ0v) is 14.2. The molecule has 0 N–H and O–H groups in total. The molecule has 0 aliphatic heterocycles. The fourth-order valence-electron chi connectivity index (χ4n) is 4.43. The van der Waals surface area contributed by atoms with Gasteiger partial charge in [-0.05, 0) is 50.2 Å². The summed E-state index contributed by atoms with van der Waals surface area (Å²) in [6.07, 6.45) is 6.24. The molecule has 2 fully saturated rings. The number of nitrogens with zero attached hydrogens (tertiary/aromatic N) is 2. The fraction of sp³-hybridized carbons (Fsp3) is 0.875. The Balaban J connectivity index is 2.32. The first-order valence-electron chi connectivity index (χ1n) is 7.75. The Morgan fingerprint density at radius 2 is 1.75 bits per heavy atom. The number of nitriles is 2. The van der Waals surface area contributed by atoms with Gasteiger partial charge in [0.25, 0.3) is 0 Å². The molecule has 0 aromatic heterocycles. The van der Waals surface area contributed by atoms with Gasteiger partial charge in [0.2, 0.25) is 0 Å². The molecule has 2 saturated carbocycles. The van der Waals surface area contributed by atoms with E-state index in [1.54, 1.807) is 0 Å². The molecule has 0 unspecified atom stereocenters. The van der Waals surface area contributed by atoms with Gasteiger partial charge in [-0.3, -0.25) is 0 Å². The van der Waals surface area contributed by atoms with Gasteiger partial charge in [0.05, 0.1) is 12.1 Å². The Bertz CT molecular complexity index is 443. The van der Waals surface area contributed by atoms with E-state index in [9.17, 15) is 10.5 Å². The van der Waals surface area contributed by atoms with Crippen LogP contribution < -0.4 is 0 Å². The summed E-state index contributed by atoms with van der Waals surface area (Å²) in [7, 11) is -1.64. The molecule has 0 radical (unpaired) electrons. The molecule has 0 bridgehead atoms. The molecule has 110 valence electrons. The highest BCUT2D eigenvalue weighted by molar-refractivity contribution is 6.69. The standard InChI is InChI=1S/C16H26N2OSi/c1-15-8-6-5-7-14(15)16(11-17,12-18)10-13(9-15)19-20(2,3)4/h13-14H,5-10H2,1-4H3/t13-,14+,15+/m0/s1. The Morgan fingerprint density at radius 1 is 1.10 bits per heavy atom. The molecule has 0 spiro atoms. The third-order valence-electron chi connectivity index (χ3n) is 5.09. The molecule has 2 aliphatic carbocycles. The summed E-state index contributed by atoms with van der Waals surface area (Å²) >= 11 is 0. The second-order valence-corrected chi connectivity index (χ2v) is 12.4. The van der Waals surface area contributed by atoms with E-state index in [2.05, 4.69) is 38.7 Å². The van der Waals surface area contributed by atoms with Crippen molar-refractivity contribution in [1.29, 1.82) is 10.5 Å². The lowest BCUT2D eigenvalue weighted by atomic mass is 9.51. The average Bonchev–Trinajstić information content (AvgIpc) is 2.34. The van der Waals surface area contributed by atoms with Gasteiger partial charge in [-0.2, -0.15) is 10.5 Å². The minimum absolute atomic E-state index is 0.0836. The Hall–Kier alpha value is -0.843. The lowest BCUT2D eigenvalue weighted by Gasteiger charge is -2.53. The topological polar surface area (TPSA) is 56.8 Å². The fourth-order valence-corrected chi connectivity index (χ4v) is 5.60. The van der Waals surface area contributed by atoms with Crippen molar-refractivity contribution in [3.8, 4) is 12.1 Å². The van der Waals surface area contributed by atoms with Gasteiger partial charge in [-0.1, -0.05) is 19.8 Å². The monoisotopic (exact) mass is 290 g/mol. The first kappa shape index (κ1) is 15.5. The average molecular weight is 290 g/mol. The van der Waals surface area contributed by atoms with Crippen LogP contribution in [0.4, 0.5) is 0 Å². The highest BCUT2D eigenvalue weighted by Gasteiger charge is 2.56. The lowest BCUT2D eigenvalue weighted by molar-refractivity contribution is -0.0529. The van der Waals surface area contributed by atoms with Gasteiger partial charge in [0, 0.05) is 12.5 Å². The van der Waals surface area contributed by atoms with E-state index in [0.717, 1.165) is 25.7 Å². The van der Waals surface area contributed by atoms with Crippen LogP contribution in [0.15, 0.2) is 0 Å². The minimum Gasteiger partial charge on any atom is -0.415 e. The third-order valence-corrected chi connectivity index (χ3v) is 6.13. The second kappa shape index (κ2) is 5.17. The van der Waals surface area contributed by atoms with Crippen LogP contribution in [-0.4, -0.2) is 14.4 Å². The molecule has 3 atom stereocenters. The van der Waals surface area contributed by atoms with Crippen LogP contribution in [0, 0.1) is 39.4 Å². The van der Waals surface area contributed by atoms with Crippen molar-refractivity contribution in [2.45, 2.75) is 71.2 Å². The van der Waals surface area contributed by atoms with E-state index in [1.807, 2.05) is 0 Å². The molecular formula is C16H26N2OSi. The van der Waals surface area contributed by atoms with Crippen LogP contribution in [0.25, 0.3) is 0 Å². The van der Waals surface area contributed by atoms with Crippen molar-refractivity contribution in [2.24, 2.45) is 16.7 Å². The number of rotatable bonds is 2. The second-order valence-electron chi connectivity index (χ2n) is 7.91. The predicted octanol–water partition coefficient (Wildman–Crippen LogP) is 4.23. The first-order chi connectivity index (χ1) is 9.25. The summed E-state index contributed by atoms with van der Waals surface area (Å²) in [5.74, 6) is 0.222. The molecule has 4 heteroatoms. The van der Waals surface area contributed by atoms with Crippen molar-refractivity contribution in [3.05, 3.63) is 0 Å². The van der Waals surface area contributed by atoms with E-state index < -0.39 is 13.7 Å². The zero-order valence-electron chi connectivity index (χ0n) is 13.2. The van der Waals surface area contributed by atoms with Crippen molar-refractivity contribution in [2.75, 3.05) is 0 Å². The Labute approximate surface area is 124 Å². The van der Waals surface area contributed by atoms with Gasteiger partial charge < -0.3 is 4.43 Å². The molecule has 0 aromatic carbocycles. The number of hydrogen-bond donors (Lipinski definition) is 0. The number of hydrogen-bond acceptors (Lipinski definition) is 3. The summed E-state index contributed by atoms with van der Waals surface area (Å²) in [4.78, 5) is 0. The molecule has 20 heavy (non-hydrogen) atoms. The van der Waals surface area contributed by atoms with Gasteiger partial charge in [0.15, 0.2) is 8.32 Å². The summed E-state index contributed by atoms with van der Waals surface area (Å²) in [5.41, 5.74) is -0.732. The molecule has 3 nitrogen and oxygen atoms in total. The summed E-state index contributed by atoms with van der Waals surface area (Å²) in [6, 6.07) is 4.76. The van der Waals surface area contributed by atoms with Crippen LogP contribution in [0.2, 0.25) is 19.6 Å². The molecular weight excluding hydrogens is 264 g/mol. The van der Waals surface area contributed by atoms with E-state index >= 15 is 0 Å². The normalized spacial score (nSPS) is 36.5. The third kappa shape index (κ3) is 2.78. The lowest BCUT2D eigenvalue weighted by Crippen LogP contribution is -2.52. The first-order valence-corrected chi connectivity index (χ1v) is 11.2. The van der Waals surface area contributed by atoms with Crippen LogP contribution in [-0.2, 0) is 4.43 Å². The van der Waals surface area contributed by atoms with Crippen LogP contribution >= 0.6 is 0 Å².